The van der Waals surface area contributed by atoms with Crippen LogP contribution < -0.4 is 15.0 Å². The fourth-order valence-corrected chi connectivity index (χ4v) is 3.79. The summed E-state index contributed by atoms with van der Waals surface area (Å²) in [5, 5.41) is 19.7. The molecule has 9 nitrogen and oxygen atoms in total. The molecule has 3 aromatic rings. The van der Waals surface area contributed by atoms with Crippen molar-refractivity contribution in [3.8, 4) is 17.0 Å². The molecule has 0 bridgehead atoms. The van der Waals surface area contributed by atoms with Gasteiger partial charge in [-0.1, -0.05) is 6.07 Å². The number of aliphatic hydroxyl groups is 1. The Bertz CT molecular complexity index is 1140. The van der Waals surface area contributed by atoms with Crippen molar-refractivity contribution < 1.29 is 19.4 Å². The number of nitrogens with zero attached hydrogens (tertiary/aromatic N) is 4. The van der Waals surface area contributed by atoms with Gasteiger partial charge in [-0.25, -0.2) is 0 Å². The van der Waals surface area contributed by atoms with Gasteiger partial charge < -0.3 is 24.8 Å². The summed E-state index contributed by atoms with van der Waals surface area (Å²) in [6.07, 6.45) is 1.52. The van der Waals surface area contributed by atoms with Crippen LogP contribution in [0.1, 0.15) is 16.1 Å². The number of amides is 1. The molecule has 33 heavy (non-hydrogen) atoms. The van der Waals surface area contributed by atoms with Crippen molar-refractivity contribution in [2.24, 2.45) is 0 Å². The van der Waals surface area contributed by atoms with E-state index in [0.717, 1.165) is 35.6 Å². The van der Waals surface area contributed by atoms with Crippen molar-refractivity contribution >= 4 is 33.3 Å². The molecule has 4 rings (SSSR count). The van der Waals surface area contributed by atoms with Crippen LogP contribution in [0.3, 0.4) is 0 Å². The quantitative estimate of drug-likeness (QED) is 0.495. The maximum Gasteiger partial charge on any atom is 0.276 e. The monoisotopic (exact) mass is 513 g/mol. The molecule has 0 aliphatic carbocycles. The maximum absolute atomic E-state index is 12.6. The summed E-state index contributed by atoms with van der Waals surface area (Å²) >= 11 is 3.30. The van der Waals surface area contributed by atoms with E-state index in [-0.39, 0.29) is 24.8 Å². The molecular formula is C23H24BrN5O4. The predicted molar refractivity (Wildman–Crippen MR) is 128 cm³/mol. The predicted octanol–water partition coefficient (Wildman–Crippen LogP) is 3.07. The van der Waals surface area contributed by atoms with Crippen molar-refractivity contribution in [1.82, 2.24) is 15.2 Å². The van der Waals surface area contributed by atoms with E-state index in [1.807, 2.05) is 37.3 Å². The lowest BCUT2D eigenvalue weighted by atomic mass is 10.00. The zero-order valence-electron chi connectivity index (χ0n) is 18.1. The third kappa shape index (κ3) is 5.84. The molecule has 0 atom stereocenters. The van der Waals surface area contributed by atoms with Crippen molar-refractivity contribution in [1.29, 1.82) is 0 Å². The van der Waals surface area contributed by atoms with Crippen molar-refractivity contribution in [2.75, 3.05) is 49.7 Å². The largest absolute Gasteiger partial charge is 0.475 e. The fraction of sp³-hybridized carbons (Fsp3) is 0.304. The Balaban J connectivity index is 1.66. The molecule has 1 aromatic carbocycles. The number of nitrogens with one attached hydrogen (secondary N) is 1. The minimum absolute atomic E-state index is 0.0994. The third-order valence-electron chi connectivity index (χ3n) is 5.12. The maximum atomic E-state index is 12.6. The van der Waals surface area contributed by atoms with Crippen molar-refractivity contribution in [2.45, 2.75) is 6.92 Å². The van der Waals surface area contributed by atoms with Crippen LogP contribution in [0.4, 0.5) is 11.5 Å². The highest BCUT2D eigenvalue weighted by atomic mass is 79.9. The minimum Gasteiger partial charge on any atom is -0.475 e. The van der Waals surface area contributed by atoms with Gasteiger partial charge in [0.2, 0.25) is 5.88 Å². The first-order chi connectivity index (χ1) is 16.0. The molecule has 1 amide bonds. The van der Waals surface area contributed by atoms with Gasteiger partial charge in [0, 0.05) is 29.3 Å². The molecule has 1 fully saturated rings. The van der Waals surface area contributed by atoms with Gasteiger partial charge in [-0.15, -0.1) is 5.10 Å². The van der Waals surface area contributed by atoms with E-state index in [4.69, 9.17) is 9.47 Å². The van der Waals surface area contributed by atoms with Crippen LogP contribution in [0.15, 0.2) is 47.1 Å². The molecule has 172 valence electrons. The van der Waals surface area contributed by atoms with Crippen LogP contribution in [0.2, 0.25) is 0 Å². The third-order valence-corrected chi connectivity index (χ3v) is 5.56. The molecule has 0 unspecified atom stereocenters. The van der Waals surface area contributed by atoms with Gasteiger partial charge in [-0.3, -0.25) is 4.79 Å². The molecule has 10 heteroatoms. The lowest BCUT2D eigenvalue weighted by Crippen LogP contribution is -2.36. The first-order valence-electron chi connectivity index (χ1n) is 10.5. The molecule has 0 radical (unpaired) electrons. The Morgan fingerprint density at radius 2 is 2.06 bits per heavy atom. The Hall–Kier alpha value is -3.08. The van der Waals surface area contributed by atoms with Gasteiger partial charge >= 0.3 is 0 Å². The number of aromatic nitrogens is 3. The zero-order valence-corrected chi connectivity index (χ0v) is 19.7. The van der Waals surface area contributed by atoms with Crippen LogP contribution in [-0.4, -0.2) is 65.7 Å². The number of aliphatic hydroxyl groups excluding tert-OH is 1. The van der Waals surface area contributed by atoms with Crippen LogP contribution in [0.25, 0.3) is 11.1 Å². The molecule has 2 N–H and O–H groups in total. The lowest BCUT2D eigenvalue weighted by Gasteiger charge is -2.28. The number of hydrogen-bond acceptors (Lipinski definition) is 8. The van der Waals surface area contributed by atoms with Gasteiger partial charge in [0.05, 0.1) is 26.0 Å². The molecule has 1 aliphatic rings. The van der Waals surface area contributed by atoms with E-state index in [0.29, 0.717) is 29.3 Å². The Labute approximate surface area is 199 Å². The van der Waals surface area contributed by atoms with Crippen LogP contribution in [0, 0.1) is 6.92 Å². The number of aryl methyl sites for hydroxylation is 1. The number of carbonyl (C=O) groups excluding carboxylic acids is 1. The van der Waals surface area contributed by atoms with E-state index in [2.05, 4.69) is 41.3 Å². The van der Waals surface area contributed by atoms with E-state index in [1.54, 1.807) is 6.07 Å². The summed E-state index contributed by atoms with van der Waals surface area (Å²) in [5.74, 6) is 0.859. The summed E-state index contributed by atoms with van der Waals surface area (Å²) in [6, 6.07) is 11.2. The number of benzene rings is 1. The summed E-state index contributed by atoms with van der Waals surface area (Å²) in [6.45, 7) is 4.80. The fourth-order valence-electron chi connectivity index (χ4n) is 3.49. The van der Waals surface area contributed by atoms with Gasteiger partial charge in [0.15, 0.2) is 5.69 Å². The SMILES string of the molecule is Cc1ccc(NC(=O)c2cc(Br)cnn2)cc1-c1cc(OCCO)nc(N2CCOCC2)c1. The van der Waals surface area contributed by atoms with Crippen LogP contribution in [0.5, 0.6) is 5.88 Å². The highest BCUT2D eigenvalue weighted by Crippen LogP contribution is 2.32. The molecule has 0 spiro atoms. The van der Waals surface area contributed by atoms with Crippen molar-refractivity contribution in [3.63, 3.8) is 0 Å². The number of rotatable bonds is 7. The highest BCUT2D eigenvalue weighted by molar-refractivity contribution is 9.10. The Kier molecular flexibility index (Phi) is 7.48. The van der Waals surface area contributed by atoms with Crippen LogP contribution in [-0.2, 0) is 4.74 Å². The second-order valence-electron chi connectivity index (χ2n) is 7.47. The normalized spacial score (nSPS) is 13.6. The standard InChI is InChI=1S/C23H24BrN5O4/c1-15-2-3-18(26-23(31)20-12-17(24)14-25-28-20)13-19(15)16-10-21(29-4-7-32-8-5-29)27-22(11-16)33-9-6-30/h2-3,10-14,30H,4-9H2,1H3,(H,26,31). The smallest absolute Gasteiger partial charge is 0.276 e. The molecule has 2 aromatic heterocycles. The van der Waals surface area contributed by atoms with Crippen molar-refractivity contribution in [3.05, 3.63) is 58.3 Å². The lowest BCUT2D eigenvalue weighted by molar-refractivity contribution is 0.102. The van der Waals surface area contributed by atoms with Crippen LogP contribution >= 0.6 is 15.9 Å². The second kappa shape index (κ2) is 10.7. The summed E-state index contributed by atoms with van der Waals surface area (Å²) in [5.41, 5.74) is 3.70. The number of halogens is 1. The topological polar surface area (TPSA) is 110 Å². The first-order valence-corrected chi connectivity index (χ1v) is 11.3. The number of carbonyl (C=O) groups is 1. The molecule has 1 saturated heterocycles. The average molecular weight is 514 g/mol. The van der Waals surface area contributed by atoms with Gasteiger partial charge in [-0.2, -0.15) is 10.1 Å². The Morgan fingerprint density at radius 3 is 2.82 bits per heavy atom. The van der Waals surface area contributed by atoms with Gasteiger partial charge in [-0.05, 0) is 63.8 Å². The number of pyridine rings is 1. The number of morpholine rings is 1. The average Bonchev–Trinajstić information content (AvgIpc) is 2.84. The van der Waals surface area contributed by atoms with Gasteiger partial charge in [0.1, 0.15) is 12.4 Å². The van der Waals surface area contributed by atoms with E-state index >= 15 is 0 Å². The van der Waals surface area contributed by atoms with E-state index in [9.17, 15) is 9.90 Å². The molecular weight excluding hydrogens is 490 g/mol. The highest BCUT2D eigenvalue weighted by Gasteiger charge is 2.17. The number of ether oxygens (including phenoxy) is 2. The Morgan fingerprint density at radius 1 is 1.24 bits per heavy atom. The van der Waals surface area contributed by atoms with Gasteiger partial charge in [0.25, 0.3) is 5.91 Å². The second-order valence-corrected chi connectivity index (χ2v) is 8.38. The number of hydrogen-bond donors (Lipinski definition) is 2. The molecule has 1 aliphatic heterocycles. The first kappa shape index (κ1) is 23.1. The minimum atomic E-state index is -0.352. The zero-order chi connectivity index (χ0) is 23.2. The molecule has 3 heterocycles. The summed E-state index contributed by atoms with van der Waals surface area (Å²) in [7, 11) is 0. The molecule has 0 saturated carbocycles. The van der Waals surface area contributed by atoms with E-state index in [1.165, 1.54) is 6.20 Å². The summed E-state index contributed by atoms with van der Waals surface area (Å²) in [4.78, 5) is 19.4. The van der Waals surface area contributed by atoms with E-state index < -0.39 is 0 Å². The number of anilines is 2. The summed E-state index contributed by atoms with van der Waals surface area (Å²) < 4.78 is 11.8.